The molecule has 0 bridgehead atoms. The van der Waals surface area contributed by atoms with Gasteiger partial charge in [-0.05, 0) is 31.5 Å². The molecule has 0 spiro atoms. The molecule has 1 aromatic rings. The molecular weight excluding hydrogens is 217 g/mol. The van der Waals surface area contributed by atoms with Gasteiger partial charge in [-0.3, -0.25) is 4.98 Å². The van der Waals surface area contributed by atoms with Gasteiger partial charge in [0.05, 0.1) is 5.56 Å². The van der Waals surface area contributed by atoms with Gasteiger partial charge in [-0.15, -0.1) is 0 Å². The Hall–Kier alpha value is -1.10. The third kappa shape index (κ3) is 2.72. The molecule has 1 fully saturated rings. The van der Waals surface area contributed by atoms with E-state index in [0.717, 1.165) is 31.5 Å². The molecule has 88 valence electrons. The Morgan fingerprint density at radius 2 is 2.25 bits per heavy atom. The second-order valence-electron chi connectivity index (χ2n) is 4.03. The number of aromatic nitrogens is 1. The van der Waals surface area contributed by atoms with E-state index in [1.165, 1.54) is 6.20 Å². The van der Waals surface area contributed by atoms with E-state index in [1.807, 2.05) is 0 Å². The van der Waals surface area contributed by atoms with Crippen molar-refractivity contribution in [2.45, 2.75) is 31.5 Å². The van der Waals surface area contributed by atoms with Crippen LogP contribution < -0.4 is 5.32 Å². The van der Waals surface area contributed by atoms with Crippen LogP contribution in [-0.2, 0) is 12.6 Å². The monoisotopic (exact) mass is 230 g/mol. The number of nitrogens with one attached hydrogen (secondary N) is 1. The third-order valence-corrected chi connectivity index (χ3v) is 2.76. The summed E-state index contributed by atoms with van der Waals surface area (Å²) in [6.45, 7) is 0.948. The van der Waals surface area contributed by atoms with Crippen LogP contribution in [0.1, 0.15) is 24.1 Å². The SMILES string of the molecule is FC(F)(F)c1ccnc(CC2CCCN2)c1. The number of nitrogens with zero attached hydrogens (tertiary/aromatic N) is 1. The van der Waals surface area contributed by atoms with Crippen LogP contribution in [0.5, 0.6) is 0 Å². The van der Waals surface area contributed by atoms with Gasteiger partial charge in [0.25, 0.3) is 0 Å². The molecule has 5 heteroatoms. The van der Waals surface area contributed by atoms with Crippen LogP contribution in [0.2, 0.25) is 0 Å². The molecule has 0 radical (unpaired) electrons. The first-order valence-electron chi connectivity index (χ1n) is 5.31. The molecule has 2 rings (SSSR count). The Kier molecular flexibility index (Phi) is 3.14. The molecule has 0 saturated carbocycles. The van der Waals surface area contributed by atoms with Gasteiger partial charge in [-0.2, -0.15) is 13.2 Å². The van der Waals surface area contributed by atoms with E-state index in [2.05, 4.69) is 10.3 Å². The van der Waals surface area contributed by atoms with Gasteiger partial charge >= 0.3 is 6.18 Å². The van der Waals surface area contributed by atoms with Crippen molar-refractivity contribution in [3.8, 4) is 0 Å². The van der Waals surface area contributed by atoms with E-state index in [1.54, 1.807) is 0 Å². The fourth-order valence-corrected chi connectivity index (χ4v) is 1.95. The zero-order valence-corrected chi connectivity index (χ0v) is 8.72. The molecule has 1 atom stereocenters. The van der Waals surface area contributed by atoms with Crippen LogP contribution in [0.25, 0.3) is 0 Å². The maximum Gasteiger partial charge on any atom is 0.416 e. The molecule has 1 aromatic heterocycles. The van der Waals surface area contributed by atoms with E-state index in [9.17, 15) is 13.2 Å². The standard InChI is InChI=1S/C11H13F3N2/c12-11(13,14)8-3-5-16-10(6-8)7-9-2-1-4-15-9/h3,5-6,9,15H,1-2,4,7H2. The Morgan fingerprint density at radius 3 is 2.88 bits per heavy atom. The van der Waals surface area contributed by atoms with Crippen LogP contribution in [-0.4, -0.2) is 17.6 Å². The minimum atomic E-state index is -4.28. The van der Waals surface area contributed by atoms with Crippen molar-refractivity contribution in [1.29, 1.82) is 0 Å². The van der Waals surface area contributed by atoms with Gasteiger partial charge < -0.3 is 5.32 Å². The van der Waals surface area contributed by atoms with E-state index in [-0.39, 0.29) is 6.04 Å². The Bertz CT molecular complexity index is 356. The zero-order valence-electron chi connectivity index (χ0n) is 8.72. The van der Waals surface area contributed by atoms with Gasteiger partial charge in [0.1, 0.15) is 0 Å². The molecule has 2 heterocycles. The first-order chi connectivity index (χ1) is 7.55. The molecule has 1 aliphatic heterocycles. The molecule has 1 saturated heterocycles. The summed E-state index contributed by atoms with van der Waals surface area (Å²) >= 11 is 0. The van der Waals surface area contributed by atoms with E-state index >= 15 is 0 Å². The van der Waals surface area contributed by atoms with Crippen LogP contribution in [0.4, 0.5) is 13.2 Å². The highest BCUT2D eigenvalue weighted by Crippen LogP contribution is 2.29. The van der Waals surface area contributed by atoms with Crippen molar-refractivity contribution in [2.75, 3.05) is 6.54 Å². The van der Waals surface area contributed by atoms with Crippen LogP contribution in [0, 0.1) is 0 Å². The molecule has 1 unspecified atom stereocenters. The second kappa shape index (κ2) is 4.41. The highest BCUT2D eigenvalue weighted by Gasteiger charge is 2.30. The van der Waals surface area contributed by atoms with Crippen LogP contribution >= 0.6 is 0 Å². The van der Waals surface area contributed by atoms with Crippen molar-refractivity contribution in [3.63, 3.8) is 0 Å². The van der Waals surface area contributed by atoms with Gasteiger partial charge in [0.15, 0.2) is 0 Å². The summed E-state index contributed by atoms with van der Waals surface area (Å²) in [4.78, 5) is 3.98. The predicted molar refractivity (Wildman–Crippen MR) is 54.0 cm³/mol. The largest absolute Gasteiger partial charge is 0.416 e. The van der Waals surface area contributed by atoms with E-state index < -0.39 is 11.7 Å². The Balaban J connectivity index is 2.09. The van der Waals surface area contributed by atoms with Gasteiger partial charge in [0.2, 0.25) is 0 Å². The number of hydrogen-bond donors (Lipinski definition) is 1. The first kappa shape index (κ1) is 11.4. The van der Waals surface area contributed by atoms with Crippen molar-refractivity contribution in [1.82, 2.24) is 10.3 Å². The summed E-state index contributed by atoms with van der Waals surface area (Å²) in [6, 6.07) is 2.42. The lowest BCUT2D eigenvalue weighted by Crippen LogP contribution is -2.24. The maximum absolute atomic E-state index is 12.4. The van der Waals surface area contributed by atoms with Crippen LogP contribution in [0.15, 0.2) is 18.3 Å². The van der Waals surface area contributed by atoms with Gasteiger partial charge in [0, 0.05) is 24.4 Å². The highest BCUT2D eigenvalue weighted by atomic mass is 19.4. The number of alkyl halides is 3. The van der Waals surface area contributed by atoms with Crippen LogP contribution in [0.3, 0.4) is 0 Å². The Morgan fingerprint density at radius 1 is 1.44 bits per heavy atom. The number of pyridine rings is 1. The average molecular weight is 230 g/mol. The van der Waals surface area contributed by atoms with Gasteiger partial charge in [-0.1, -0.05) is 0 Å². The molecule has 1 aliphatic rings. The van der Waals surface area contributed by atoms with Crippen molar-refractivity contribution >= 4 is 0 Å². The number of halogens is 3. The smallest absolute Gasteiger partial charge is 0.314 e. The molecule has 0 aromatic carbocycles. The first-order valence-corrected chi connectivity index (χ1v) is 5.31. The van der Waals surface area contributed by atoms with E-state index in [0.29, 0.717) is 12.1 Å². The second-order valence-corrected chi connectivity index (χ2v) is 4.03. The quantitative estimate of drug-likeness (QED) is 0.843. The Labute approximate surface area is 91.9 Å². The third-order valence-electron chi connectivity index (χ3n) is 2.76. The summed E-state index contributed by atoms with van der Waals surface area (Å²) in [5, 5.41) is 3.24. The fraction of sp³-hybridized carbons (Fsp3) is 0.545. The topological polar surface area (TPSA) is 24.9 Å². The van der Waals surface area contributed by atoms with Crippen molar-refractivity contribution in [2.24, 2.45) is 0 Å². The lowest BCUT2D eigenvalue weighted by Gasteiger charge is -2.11. The maximum atomic E-state index is 12.4. The summed E-state index contributed by atoms with van der Waals surface area (Å²) in [7, 11) is 0. The lowest BCUT2D eigenvalue weighted by atomic mass is 10.1. The van der Waals surface area contributed by atoms with Crippen molar-refractivity contribution < 1.29 is 13.2 Å². The molecule has 0 aliphatic carbocycles. The normalized spacial score (nSPS) is 21.3. The molecule has 0 amide bonds. The highest BCUT2D eigenvalue weighted by molar-refractivity contribution is 5.20. The minimum Gasteiger partial charge on any atom is -0.314 e. The number of rotatable bonds is 2. The fourth-order valence-electron chi connectivity index (χ4n) is 1.95. The zero-order chi connectivity index (χ0) is 11.6. The molecule has 16 heavy (non-hydrogen) atoms. The summed E-state index contributed by atoms with van der Waals surface area (Å²) in [5.74, 6) is 0. The summed E-state index contributed by atoms with van der Waals surface area (Å²) < 4.78 is 37.3. The minimum absolute atomic E-state index is 0.274. The van der Waals surface area contributed by atoms with E-state index in [4.69, 9.17) is 0 Å². The molecular formula is C11H13F3N2. The van der Waals surface area contributed by atoms with Crippen molar-refractivity contribution in [3.05, 3.63) is 29.6 Å². The molecule has 2 nitrogen and oxygen atoms in total. The average Bonchev–Trinajstić information content (AvgIpc) is 2.70. The summed E-state index contributed by atoms with van der Waals surface area (Å²) in [6.07, 6.45) is -0.376. The van der Waals surface area contributed by atoms with Gasteiger partial charge in [-0.25, -0.2) is 0 Å². The summed E-state index contributed by atoms with van der Waals surface area (Å²) in [5.41, 5.74) is -0.107. The number of hydrogen-bond acceptors (Lipinski definition) is 2. The predicted octanol–water partition coefficient (Wildman–Crippen LogP) is 2.39. The lowest BCUT2D eigenvalue weighted by molar-refractivity contribution is -0.137. The molecule has 1 N–H and O–H groups in total.